The molecule has 0 radical (unpaired) electrons. The Hall–Kier alpha value is -0.420. The van der Waals surface area contributed by atoms with Crippen LogP contribution in [-0.2, 0) is 5.88 Å². The average molecular weight is 271 g/mol. The number of hydrogen-bond acceptors (Lipinski definition) is 2. The molecule has 0 unspecified atom stereocenters. The van der Waals surface area contributed by atoms with Crippen LogP contribution in [0.15, 0.2) is 10.5 Å². The molecule has 1 aromatic rings. The predicted octanol–water partition coefficient (Wildman–Crippen LogP) is 3.10. The minimum Gasteiger partial charge on any atom is -0.397 e. The second-order valence-electron chi connectivity index (χ2n) is 2.33. The van der Waals surface area contributed by atoms with Crippen molar-refractivity contribution in [1.29, 1.82) is 0 Å². The van der Waals surface area contributed by atoms with Gasteiger partial charge in [0.1, 0.15) is 5.69 Å². The molecule has 1 rings (SSSR count). The summed E-state index contributed by atoms with van der Waals surface area (Å²) in [6.07, 6.45) is -2.67. The normalized spacial score (nSPS) is 10.8. The lowest BCUT2D eigenvalue weighted by molar-refractivity contribution is 0.147. The first-order valence-corrected chi connectivity index (χ1v) is 4.68. The number of halogens is 4. The molecule has 0 aliphatic rings. The van der Waals surface area contributed by atoms with Crippen LogP contribution in [0.1, 0.15) is 17.8 Å². The molecule has 72 valence electrons. The van der Waals surface area contributed by atoms with E-state index in [-0.39, 0.29) is 11.6 Å². The Kier molecular flexibility index (Phi) is 3.44. The molecule has 0 aliphatic carbocycles. The molecule has 0 fully saturated rings. The van der Waals surface area contributed by atoms with Crippen molar-refractivity contribution in [2.24, 2.45) is 0 Å². The molecule has 13 heavy (non-hydrogen) atoms. The van der Waals surface area contributed by atoms with E-state index in [4.69, 9.17) is 17.3 Å². The van der Waals surface area contributed by atoms with Gasteiger partial charge >= 0.3 is 0 Å². The van der Waals surface area contributed by atoms with Crippen molar-refractivity contribution in [3.05, 3.63) is 21.9 Å². The number of rotatable bonds is 2. The zero-order valence-electron chi connectivity index (χ0n) is 6.40. The molecule has 0 saturated carbocycles. The Morgan fingerprint density at radius 2 is 2.23 bits per heavy atom. The second-order valence-corrected chi connectivity index (χ2v) is 3.45. The van der Waals surface area contributed by atoms with Crippen LogP contribution in [0.25, 0.3) is 0 Å². The summed E-state index contributed by atoms with van der Waals surface area (Å²) < 4.78 is 25.1. The van der Waals surface area contributed by atoms with Gasteiger partial charge in [-0.25, -0.2) is 13.8 Å². The third-order valence-corrected chi connectivity index (χ3v) is 2.38. The topological polar surface area (TPSA) is 38.9 Å². The molecule has 0 aromatic carbocycles. The summed E-state index contributed by atoms with van der Waals surface area (Å²) in [6.45, 7) is 0. The number of anilines is 1. The fraction of sp³-hybridized carbons (Fsp3) is 0.286. The van der Waals surface area contributed by atoms with Crippen LogP contribution in [0, 0.1) is 0 Å². The van der Waals surface area contributed by atoms with E-state index in [1.165, 1.54) is 6.07 Å². The Labute approximate surface area is 87.2 Å². The van der Waals surface area contributed by atoms with E-state index in [0.29, 0.717) is 10.2 Å². The Balaban J connectivity index is 3.22. The van der Waals surface area contributed by atoms with Crippen molar-refractivity contribution >= 4 is 33.2 Å². The van der Waals surface area contributed by atoms with Crippen LogP contribution in [0.2, 0.25) is 0 Å². The summed E-state index contributed by atoms with van der Waals surface area (Å²) in [6, 6.07) is 1.38. The van der Waals surface area contributed by atoms with Gasteiger partial charge in [-0.2, -0.15) is 0 Å². The molecule has 1 aromatic heterocycles. The standard InChI is InChI=1S/C7H6BrClF2N2/c8-3-1-4(12)6(7(10)11)13-5(3)2-9/h1,7H,2,12H2. The molecular formula is C7H6BrClF2N2. The monoisotopic (exact) mass is 270 g/mol. The molecule has 2 nitrogen and oxygen atoms in total. The highest BCUT2D eigenvalue weighted by Crippen LogP contribution is 2.28. The molecule has 6 heteroatoms. The summed E-state index contributed by atoms with van der Waals surface area (Å²) in [5, 5.41) is 0. The summed E-state index contributed by atoms with van der Waals surface area (Å²) in [5.74, 6) is 0.0700. The van der Waals surface area contributed by atoms with E-state index in [1.54, 1.807) is 0 Å². The average Bonchev–Trinajstić information content (AvgIpc) is 2.03. The lowest BCUT2D eigenvalue weighted by Crippen LogP contribution is -2.01. The SMILES string of the molecule is Nc1cc(Br)c(CCl)nc1C(F)F. The smallest absolute Gasteiger partial charge is 0.282 e. The zero-order chi connectivity index (χ0) is 10.0. The van der Waals surface area contributed by atoms with Crippen LogP contribution in [0.3, 0.4) is 0 Å². The van der Waals surface area contributed by atoms with Crippen LogP contribution >= 0.6 is 27.5 Å². The fourth-order valence-electron chi connectivity index (χ4n) is 0.826. The Bertz CT molecular complexity index is 320. The maximum absolute atomic E-state index is 12.3. The number of pyridine rings is 1. The largest absolute Gasteiger partial charge is 0.397 e. The van der Waals surface area contributed by atoms with Gasteiger partial charge in [0.05, 0.1) is 17.3 Å². The van der Waals surface area contributed by atoms with E-state index in [1.807, 2.05) is 0 Å². The van der Waals surface area contributed by atoms with Crippen molar-refractivity contribution in [2.45, 2.75) is 12.3 Å². The first kappa shape index (κ1) is 10.7. The Morgan fingerprint density at radius 3 is 2.69 bits per heavy atom. The molecule has 2 N–H and O–H groups in total. The van der Waals surface area contributed by atoms with Gasteiger partial charge in [0.25, 0.3) is 6.43 Å². The quantitative estimate of drug-likeness (QED) is 0.840. The molecule has 1 heterocycles. The minimum atomic E-state index is -2.67. The molecule has 0 saturated heterocycles. The van der Waals surface area contributed by atoms with Crippen molar-refractivity contribution in [3.63, 3.8) is 0 Å². The van der Waals surface area contributed by atoms with Crippen LogP contribution in [0.4, 0.5) is 14.5 Å². The van der Waals surface area contributed by atoms with Gasteiger partial charge in [-0.3, -0.25) is 0 Å². The number of hydrogen-bond donors (Lipinski definition) is 1. The molecule has 0 bridgehead atoms. The Morgan fingerprint density at radius 1 is 1.62 bits per heavy atom. The van der Waals surface area contributed by atoms with Crippen molar-refractivity contribution in [1.82, 2.24) is 4.98 Å². The molecule has 0 amide bonds. The third-order valence-electron chi connectivity index (χ3n) is 1.44. The van der Waals surface area contributed by atoms with Gasteiger partial charge in [0, 0.05) is 4.47 Å². The van der Waals surface area contributed by atoms with Gasteiger partial charge in [-0.15, -0.1) is 11.6 Å². The number of nitrogen functional groups attached to an aromatic ring is 1. The number of aromatic nitrogens is 1. The van der Waals surface area contributed by atoms with E-state index >= 15 is 0 Å². The van der Waals surface area contributed by atoms with Gasteiger partial charge in [0.15, 0.2) is 0 Å². The molecule has 0 spiro atoms. The second kappa shape index (κ2) is 4.19. The first-order chi connectivity index (χ1) is 6.06. The molecular weight excluding hydrogens is 265 g/mol. The lowest BCUT2D eigenvalue weighted by atomic mass is 10.2. The van der Waals surface area contributed by atoms with Crippen LogP contribution in [-0.4, -0.2) is 4.98 Å². The van der Waals surface area contributed by atoms with Crippen LogP contribution in [0.5, 0.6) is 0 Å². The highest BCUT2D eigenvalue weighted by Gasteiger charge is 2.15. The van der Waals surface area contributed by atoms with Gasteiger partial charge in [0.2, 0.25) is 0 Å². The van der Waals surface area contributed by atoms with Gasteiger partial charge in [-0.1, -0.05) is 0 Å². The predicted molar refractivity (Wildman–Crippen MR) is 50.9 cm³/mol. The number of nitrogens with zero attached hydrogens (tertiary/aromatic N) is 1. The summed E-state index contributed by atoms with van der Waals surface area (Å²) >= 11 is 8.60. The van der Waals surface area contributed by atoms with Crippen LogP contribution < -0.4 is 5.73 Å². The van der Waals surface area contributed by atoms with E-state index in [9.17, 15) is 8.78 Å². The number of nitrogens with two attached hydrogens (primary N) is 1. The highest BCUT2D eigenvalue weighted by atomic mass is 79.9. The maximum Gasteiger partial charge on any atom is 0.282 e. The summed E-state index contributed by atoms with van der Waals surface area (Å²) in [5.41, 5.74) is 5.25. The minimum absolute atomic E-state index is 0.0317. The maximum atomic E-state index is 12.3. The van der Waals surface area contributed by atoms with Gasteiger partial charge < -0.3 is 5.73 Å². The summed E-state index contributed by atoms with van der Waals surface area (Å²) in [4.78, 5) is 3.64. The van der Waals surface area contributed by atoms with Crippen molar-refractivity contribution in [3.8, 4) is 0 Å². The van der Waals surface area contributed by atoms with E-state index < -0.39 is 12.1 Å². The molecule has 0 atom stereocenters. The number of alkyl halides is 3. The zero-order valence-corrected chi connectivity index (χ0v) is 8.74. The fourth-order valence-corrected chi connectivity index (χ4v) is 1.67. The van der Waals surface area contributed by atoms with Crippen molar-refractivity contribution in [2.75, 3.05) is 5.73 Å². The van der Waals surface area contributed by atoms with Gasteiger partial charge in [-0.05, 0) is 22.0 Å². The van der Waals surface area contributed by atoms with E-state index in [2.05, 4.69) is 20.9 Å². The lowest BCUT2D eigenvalue weighted by Gasteiger charge is -2.06. The first-order valence-electron chi connectivity index (χ1n) is 3.35. The van der Waals surface area contributed by atoms with Crippen molar-refractivity contribution < 1.29 is 8.78 Å². The molecule has 0 aliphatic heterocycles. The summed E-state index contributed by atoms with van der Waals surface area (Å²) in [7, 11) is 0. The van der Waals surface area contributed by atoms with E-state index in [0.717, 1.165) is 0 Å². The highest BCUT2D eigenvalue weighted by molar-refractivity contribution is 9.10. The third kappa shape index (κ3) is 2.28.